The Morgan fingerprint density at radius 1 is 1.28 bits per heavy atom. The van der Waals surface area contributed by atoms with E-state index < -0.39 is 0 Å². The van der Waals surface area contributed by atoms with Crippen molar-refractivity contribution in [2.75, 3.05) is 13.2 Å². The summed E-state index contributed by atoms with van der Waals surface area (Å²) < 4.78 is 11.4. The minimum atomic E-state index is -0.304. The number of hydrogen-bond donors (Lipinski definition) is 2. The highest BCUT2D eigenvalue weighted by molar-refractivity contribution is 6.33. The Bertz CT molecular complexity index is 1130. The van der Waals surface area contributed by atoms with Crippen LogP contribution in [0, 0.1) is 6.92 Å². The molecule has 1 saturated heterocycles. The molecule has 2 aromatic carbocycles. The highest BCUT2D eigenvalue weighted by Gasteiger charge is 2.19. The molecule has 0 spiro atoms. The van der Waals surface area contributed by atoms with Gasteiger partial charge in [-0.1, -0.05) is 17.7 Å². The lowest BCUT2D eigenvalue weighted by Gasteiger charge is -2.11. The van der Waals surface area contributed by atoms with Crippen LogP contribution in [-0.2, 0) is 4.74 Å². The molecule has 2 heterocycles. The van der Waals surface area contributed by atoms with Gasteiger partial charge in [0.25, 0.3) is 5.91 Å². The van der Waals surface area contributed by atoms with E-state index in [1.165, 1.54) is 6.07 Å². The number of carbonyl (C=O) groups excluding carboxylic acids is 1. The van der Waals surface area contributed by atoms with Crippen molar-refractivity contribution in [1.82, 2.24) is 5.32 Å². The van der Waals surface area contributed by atoms with Gasteiger partial charge in [0.15, 0.2) is 0 Å². The first-order valence-electron chi connectivity index (χ1n) is 9.47. The number of rotatable bonds is 4. The summed E-state index contributed by atoms with van der Waals surface area (Å²) >= 11 is 6.31. The van der Waals surface area contributed by atoms with Crippen LogP contribution >= 0.6 is 11.6 Å². The van der Waals surface area contributed by atoms with E-state index in [-0.39, 0.29) is 28.9 Å². The summed E-state index contributed by atoms with van der Waals surface area (Å²) in [7, 11) is 0. The largest absolute Gasteiger partial charge is 0.508 e. The van der Waals surface area contributed by atoms with Crippen LogP contribution in [0.5, 0.6) is 5.75 Å². The summed E-state index contributed by atoms with van der Waals surface area (Å²) in [4.78, 5) is 17.4. The number of benzene rings is 2. The number of phenols is 1. The second kappa shape index (κ2) is 8.27. The third-order valence-electron chi connectivity index (χ3n) is 4.82. The molecule has 4 rings (SSSR count). The van der Waals surface area contributed by atoms with Crippen molar-refractivity contribution < 1.29 is 19.1 Å². The minimum Gasteiger partial charge on any atom is -0.508 e. The molecule has 3 aromatic rings. The highest BCUT2D eigenvalue weighted by Crippen LogP contribution is 2.26. The normalized spacial score (nSPS) is 17.0. The van der Waals surface area contributed by atoms with Gasteiger partial charge in [-0.15, -0.1) is 0 Å². The summed E-state index contributed by atoms with van der Waals surface area (Å²) in [5.41, 5.74) is 2.33. The van der Waals surface area contributed by atoms with E-state index in [4.69, 9.17) is 20.8 Å². The van der Waals surface area contributed by atoms with E-state index in [2.05, 4.69) is 10.3 Å². The second-order valence-corrected chi connectivity index (χ2v) is 7.51. The van der Waals surface area contributed by atoms with E-state index in [1.807, 2.05) is 13.0 Å². The third kappa shape index (κ3) is 4.44. The molecule has 0 radical (unpaired) electrons. The van der Waals surface area contributed by atoms with E-state index in [0.29, 0.717) is 28.2 Å². The van der Waals surface area contributed by atoms with Crippen molar-refractivity contribution in [3.63, 3.8) is 0 Å². The van der Waals surface area contributed by atoms with Gasteiger partial charge >= 0.3 is 0 Å². The molecule has 29 heavy (non-hydrogen) atoms. The summed E-state index contributed by atoms with van der Waals surface area (Å²) in [5, 5.41) is 13.8. The molecule has 7 heteroatoms. The van der Waals surface area contributed by atoms with Crippen LogP contribution in [0.2, 0.25) is 5.02 Å². The molecule has 6 nitrogen and oxygen atoms in total. The van der Waals surface area contributed by atoms with E-state index in [9.17, 15) is 9.90 Å². The van der Waals surface area contributed by atoms with Gasteiger partial charge in [-0.25, -0.2) is 4.99 Å². The molecule has 1 aliphatic rings. The van der Waals surface area contributed by atoms with Crippen LogP contribution in [0.1, 0.15) is 28.8 Å². The van der Waals surface area contributed by atoms with Crippen molar-refractivity contribution in [1.29, 1.82) is 0 Å². The van der Waals surface area contributed by atoms with Gasteiger partial charge in [-0.3, -0.25) is 4.79 Å². The Labute approximate surface area is 172 Å². The molecule has 1 aromatic heterocycles. The number of hydrogen-bond acceptors (Lipinski definition) is 5. The van der Waals surface area contributed by atoms with Crippen molar-refractivity contribution >= 4 is 34.2 Å². The fourth-order valence-corrected chi connectivity index (χ4v) is 3.55. The first kappa shape index (κ1) is 19.5. The highest BCUT2D eigenvalue weighted by atomic mass is 35.5. The van der Waals surface area contributed by atoms with Crippen LogP contribution in [0.15, 0.2) is 51.9 Å². The Morgan fingerprint density at radius 2 is 2.14 bits per heavy atom. The molecule has 1 atom stereocenters. The summed E-state index contributed by atoms with van der Waals surface area (Å²) in [6.45, 7) is 3.09. The molecule has 0 saturated carbocycles. The van der Waals surface area contributed by atoms with Crippen molar-refractivity contribution in [3.05, 3.63) is 64.2 Å². The van der Waals surface area contributed by atoms with Crippen LogP contribution in [-0.4, -0.2) is 30.3 Å². The number of nitrogens with zero attached hydrogens (tertiary/aromatic N) is 1. The molecular weight excluding hydrogens is 392 g/mol. The Balaban J connectivity index is 1.78. The first-order chi connectivity index (χ1) is 14.0. The van der Waals surface area contributed by atoms with Crippen molar-refractivity contribution in [2.45, 2.75) is 25.9 Å². The van der Waals surface area contributed by atoms with Crippen LogP contribution in [0.3, 0.4) is 0 Å². The fourth-order valence-electron chi connectivity index (χ4n) is 3.27. The van der Waals surface area contributed by atoms with Gasteiger partial charge in [-0.05, 0) is 55.7 Å². The quantitative estimate of drug-likeness (QED) is 0.671. The lowest BCUT2D eigenvalue weighted by molar-refractivity contribution is 0.0854. The molecule has 150 valence electrons. The zero-order chi connectivity index (χ0) is 20.4. The molecule has 2 N–H and O–H groups in total. The van der Waals surface area contributed by atoms with Gasteiger partial charge in [-0.2, -0.15) is 0 Å². The smallest absolute Gasteiger partial charge is 0.256 e. The Kier molecular flexibility index (Phi) is 5.56. The maximum Gasteiger partial charge on any atom is 0.256 e. The number of amides is 1. The van der Waals surface area contributed by atoms with Crippen molar-refractivity contribution in [3.8, 4) is 5.75 Å². The number of phenolic OH excluding ortho intramolecular Hbond substituents is 1. The van der Waals surface area contributed by atoms with Crippen LogP contribution in [0.4, 0.5) is 5.69 Å². The van der Waals surface area contributed by atoms with Crippen LogP contribution in [0.25, 0.3) is 11.0 Å². The zero-order valence-electron chi connectivity index (χ0n) is 15.9. The zero-order valence-corrected chi connectivity index (χ0v) is 16.7. The average molecular weight is 413 g/mol. The molecule has 0 aliphatic carbocycles. The second-order valence-electron chi connectivity index (χ2n) is 7.10. The van der Waals surface area contributed by atoms with Crippen LogP contribution < -0.4 is 10.9 Å². The molecule has 1 fully saturated rings. The van der Waals surface area contributed by atoms with Crippen molar-refractivity contribution in [2.24, 2.45) is 4.99 Å². The molecule has 1 aliphatic heterocycles. The Hall–Kier alpha value is -2.83. The van der Waals surface area contributed by atoms with Gasteiger partial charge in [0.2, 0.25) is 5.55 Å². The number of fused-ring (bicyclic) bond motifs is 1. The van der Waals surface area contributed by atoms with E-state index in [1.54, 1.807) is 30.3 Å². The molecule has 0 bridgehead atoms. The monoisotopic (exact) mass is 412 g/mol. The first-order valence-corrected chi connectivity index (χ1v) is 9.85. The maximum absolute atomic E-state index is 12.9. The van der Waals surface area contributed by atoms with E-state index >= 15 is 0 Å². The summed E-state index contributed by atoms with van der Waals surface area (Å²) in [5.74, 6) is -0.239. The third-order valence-corrected chi connectivity index (χ3v) is 5.12. The van der Waals surface area contributed by atoms with E-state index in [0.717, 1.165) is 25.0 Å². The number of halogens is 1. The lowest BCUT2D eigenvalue weighted by atomic mass is 10.1. The molecule has 0 unspecified atom stereocenters. The molecular formula is C22H21ClN2O4. The lowest BCUT2D eigenvalue weighted by Crippen LogP contribution is -2.34. The number of ether oxygens (including phenoxy) is 1. The van der Waals surface area contributed by atoms with Gasteiger partial charge < -0.3 is 19.6 Å². The fraction of sp³-hybridized carbons (Fsp3) is 0.273. The number of aryl methyl sites for hydroxylation is 1. The Morgan fingerprint density at radius 3 is 2.90 bits per heavy atom. The predicted molar refractivity (Wildman–Crippen MR) is 111 cm³/mol. The van der Waals surface area contributed by atoms with Gasteiger partial charge in [0, 0.05) is 24.6 Å². The minimum absolute atomic E-state index is 0.0280. The summed E-state index contributed by atoms with van der Waals surface area (Å²) in [6, 6.07) is 11.9. The number of carbonyl (C=O) groups is 1. The SMILES string of the molecule is Cc1ccc(N=c2oc3cc(O)ccc3cc2C(=O)NC[C@@H]2CCCO2)c(Cl)c1. The molecule has 1 amide bonds. The number of nitrogens with one attached hydrogen (secondary N) is 1. The summed E-state index contributed by atoms with van der Waals surface area (Å²) in [6.07, 6.45) is 1.96. The average Bonchev–Trinajstić information content (AvgIpc) is 3.21. The predicted octanol–water partition coefficient (Wildman–Crippen LogP) is 4.24. The topological polar surface area (TPSA) is 84.1 Å². The van der Waals surface area contributed by atoms with Gasteiger partial charge in [0.05, 0.1) is 16.8 Å². The standard InChI is InChI=1S/C22H21ClN2O4/c1-13-4-7-19(18(23)9-13)25-22-17(21(27)24-12-16-3-2-8-28-16)10-14-5-6-15(26)11-20(14)29-22/h4-7,9-11,16,26H,2-3,8,12H2,1H3,(H,24,27)/t16-/m0/s1. The maximum atomic E-state index is 12.9. The van der Waals surface area contributed by atoms with Gasteiger partial charge in [0.1, 0.15) is 16.9 Å². The number of aromatic hydroxyl groups is 1.